The highest BCUT2D eigenvalue weighted by Gasteiger charge is 1.94. The van der Waals surface area contributed by atoms with Gasteiger partial charge in [0.25, 0.3) is 0 Å². The minimum Gasteiger partial charge on any atom is -0.506 e. The SMILES string of the molecule is C\C(C=Nc1ccccc1O)=C/C=C/C=C(C)/C=C/C1=CC=CC1. The minimum atomic E-state index is 0.190. The van der Waals surface area contributed by atoms with Gasteiger partial charge in [0.15, 0.2) is 0 Å². The molecule has 0 saturated heterocycles. The number of aliphatic imine (C=N–C) groups is 1. The highest BCUT2D eigenvalue weighted by Crippen LogP contribution is 2.24. The number of nitrogens with zero attached hydrogens (tertiary/aromatic N) is 1. The maximum absolute atomic E-state index is 9.66. The van der Waals surface area contributed by atoms with E-state index in [-0.39, 0.29) is 5.75 Å². The topological polar surface area (TPSA) is 32.6 Å². The van der Waals surface area contributed by atoms with Crippen LogP contribution in [0.3, 0.4) is 0 Å². The third-order valence-corrected chi connectivity index (χ3v) is 3.48. The van der Waals surface area contributed by atoms with E-state index in [1.54, 1.807) is 24.4 Å². The minimum absolute atomic E-state index is 0.190. The molecule has 1 aliphatic carbocycles. The Labute approximate surface area is 144 Å². The Morgan fingerprint density at radius 2 is 1.83 bits per heavy atom. The number of rotatable bonds is 6. The van der Waals surface area contributed by atoms with Gasteiger partial charge in [0, 0.05) is 6.21 Å². The van der Waals surface area contributed by atoms with Crippen molar-refractivity contribution in [3.05, 3.63) is 95.7 Å². The van der Waals surface area contributed by atoms with Gasteiger partial charge < -0.3 is 5.11 Å². The van der Waals surface area contributed by atoms with Crippen molar-refractivity contribution in [3.8, 4) is 5.75 Å². The van der Waals surface area contributed by atoms with Crippen molar-refractivity contribution in [3.63, 3.8) is 0 Å². The largest absolute Gasteiger partial charge is 0.506 e. The predicted octanol–water partition coefficient (Wildman–Crippen LogP) is 5.99. The lowest BCUT2D eigenvalue weighted by molar-refractivity contribution is 0.477. The Balaban J connectivity index is 1.88. The molecule has 24 heavy (non-hydrogen) atoms. The van der Waals surface area contributed by atoms with Gasteiger partial charge >= 0.3 is 0 Å². The van der Waals surface area contributed by atoms with Gasteiger partial charge in [-0.3, -0.25) is 4.99 Å². The van der Waals surface area contributed by atoms with E-state index in [1.807, 2.05) is 31.2 Å². The van der Waals surface area contributed by atoms with Crippen molar-refractivity contribution < 1.29 is 5.11 Å². The van der Waals surface area contributed by atoms with E-state index in [2.05, 4.69) is 48.4 Å². The number of hydrogen-bond donors (Lipinski definition) is 1. The number of benzene rings is 1. The molecule has 0 bridgehead atoms. The molecule has 2 nitrogen and oxygen atoms in total. The highest BCUT2D eigenvalue weighted by atomic mass is 16.3. The molecule has 1 aromatic rings. The quantitative estimate of drug-likeness (QED) is 0.507. The van der Waals surface area contributed by atoms with E-state index in [0.29, 0.717) is 5.69 Å². The monoisotopic (exact) mass is 317 g/mol. The van der Waals surface area contributed by atoms with Gasteiger partial charge in [0.05, 0.1) is 0 Å². The van der Waals surface area contributed by atoms with Crippen LogP contribution in [-0.2, 0) is 0 Å². The fraction of sp³-hybridized carbons (Fsp3) is 0.136. The molecule has 1 aliphatic rings. The van der Waals surface area contributed by atoms with Crippen LogP contribution in [0.15, 0.2) is 101 Å². The van der Waals surface area contributed by atoms with Crippen LogP contribution in [-0.4, -0.2) is 11.3 Å². The van der Waals surface area contributed by atoms with E-state index in [0.717, 1.165) is 12.0 Å². The number of allylic oxidation sites excluding steroid dienone is 12. The lowest BCUT2D eigenvalue weighted by Crippen LogP contribution is -1.76. The second-order valence-electron chi connectivity index (χ2n) is 5.66. The first-order chi connectivity index (χ1) is 11.6. The van der Waals surface area contributed by atoms with Crippen LogP contribution < -0.4 is 0 Å². The van der Waals surface area contributed by atoms with Gasteiger partial charge in [-0.05, 0) is 43.5 Å². The summed E-state index contributed by atoms with van der Waals surface area (Å²) in [5.74, 6) is 0.190. The summed E-state index contributed by atoms with van der Waals surface area (Å²) in [6, 6.07) is 7.04. The Hall–Kier alpha value is -2.87. The third-order valence-electron chi connectivity index (χ3n) is 3.48. The molecular weight excluding hydrogens is 294 g/mol. The zero-order chi connectivity index (χ0) is 17.2. The van der Waals surface area contributed by atoms with Gasteiger partial charge in [-0.1, -0.05) is 72.4 Å². The van der Waals surface area contributed by atoms with Crippen molar-refractivity contribution in [1.29, 1.82) is 0 Å². The summed E-state index contributed by atoms with van der Waals surface area (Å²) in [7, 11) is 0. The molecule has 0 unspecified atom stereocenters. The van der Waals surface area contributed by atoms with E-state index >= 15 is 0 Å². The maximum Gasteiger partial charge on any atom is 0.141 e. The molecular formula is C22H23NO. The Bertz CT molecular complexity index is 771. The number of phenolic OH excluding ortho intramolecular Hbond substituents is 1. The molecule has 0 spiro atoms. The molecule has 0 amide bonds. The summed E-state index contributed by atoms with van der Waals surface area (Å²) >= 11 is 0. The van der Waals surface area contributed by atoms with Crippen molar-refractivity contribution in [2.75, 3.05) is 0 Å². The maximum atomic E-state index is 9.66. The molecule has 1 N–H and O–H groups in total. The zero-order valence-electron chi connectivity index (χ0n) is 14.2. The number of hydrogen-bond acceptors (Lipinski definition) is 2. The van der Waals surface area contributed by atoms with E-state index in [4.69, 9.17) is 0 Å². The average Bonchev–Trinajstić information content (AvgIpc) is 3.10. The molecule has 2 heteroatoms. The zero-order valence-corrected chi connectivity index (χ0v) is 14.2. The normalized spacial score (nSPS) is 16.0. The average molecular weight is 317 g/mol. The molecule has 0 fully saturated rings. The lowest BCUT2D eigenvalue weighted by atomic mass is 10.1. The summed E-state index contributed by atoms with van der Waals surface area (Å²) in [5, 5.41) is 9.66. The van der Waals surface area contributed by atoms with Gasteiger partial charge in [0.1, 0.15) is 11.4 Å². The van der Waals surface area contributed by atoms with Crippen molar-refractivity contribution in [2.45, 2.75) is 20.3 Å². The van der Waals surface area contributed by atoms with Crippen molar-refractivity contribution >= 4 is 11.9 Å². The van der Waals surface area contributed by atoms with Gasteiger partial charge in [0.2, 0.25) is 0 Å². The Kier molecular flexibility index (Phi) is 6.78. The van der Waals surface area contributed by atoms with Crippen LogP contribution in [0.4, 0.5) is 5.69 Å². The van der Waals surface area contributed by atoms with Crippen LogP contribution in [0.5, 0.6) is 5.75 Å². The number of aromatic hydroxyl groups is 1. The molecule has 122 valence electrons. The first-order valence-electron chi connectivity index (χ1n) is 8.03. The highest BCUT2D eigenvalue weighted by molar-refractivity contribution is 5.81. The molecule has 2 rings (SSSR count). The van der Waals surface area contributed by atoms with Crippen molar-refractivity contribution in [2.24, 2.45) is 4.99 Å². The first kappa shape index (κ1) is 17.5. The molecule has 0 aromatic heterocycles. The molecule has 0 aliphatic heterocycles. The van der Waals surface area contributed by atoms with Crippen LogP contribution in [0.2, 0.25) is 0 Å². The summed E-state index contributed by atoms with van der Waals surface area (Å²) in [5.41, 5.74) is 4.12. The molecule has 1 aromatic carbocycles. The fourth-order valence-electron chi connectivity index (χ4n) is 2.08. The van der Waals surface area contributed by atoms with Crippen LogP contribution in [0, 0.1) is 0 Å². The second kappa shape index (κ2) is 9.31. The summed E-state index contributed by atoms with van der Waals surface area (Å²) < 4.78 is 0. The summed E-state index contributed by atoms with van der Waals surface area (Å²) in [6.07, 6.45) is 21.5. The number of phenols is 1. The summed E-state index contributed by atoms with van der Waals surface area (Å²) in [4.78, 5) is 4.28. The van der Waals surface area contributed by atoms with E-state index in [9.17, 15) is 5.11 Å². The smallest absolute Gasteiger partial charge is 0.141 e. The van der Waals surface area contributed by atoms with Crippen LogP contribution in [0.25, 0.3) is 0 Å². The van der Waals surface area contributed by atoms with E-state index in [1.165, 1.54) is 11.1 Å². The molecule has 0 radical (unpaired) electrons. The number of para-hydroxylation sites is 2. The van der Waals surface area contributed by atoms with Crippen LogP contribution in [0.1, 0.15) is 20.3 Å². The van der Waals surface area contributed by atoms with E-state index < -0.39 is 0 Å². The Morgan fingerprint density at radius 3 is 2.54 bits per heavy atom. The molecule has 0 atom stereocenters. The van der Waals surface area contributed by atoms with Gasteiger partial charge in [-0.2, -0.15) is 0 Å². The predicted molar refractivity (Wildman–Crippen MR) is 104 cm³/mol. The first-order valence-corrected chi connectivity index (χ1v) is 8.03. The van der Waals surface area contributed by atoms with Gasteiger partial charge in [-0.15, -0.1) is 0 Å². The lowest BCUT2D eigenvalue weighted by Gasteiger charge is -1.96. The van der Waals surface area contributed by atoms with Gasteiger partial charge in [-0.25, -0.2) is 0 Å². The van der Waals surface area contributed by atoms with Crippen LogP contribution >= 0.6 is 0 Å². The van der Waals surface area contributed by atoms with Crippen molar-refractivity contribution in [1.82, 2.24) is 0 Å². The summed E-state index contributed by atoms with van der Waals surface area (Å²) in [6.45, 7) is 4.06. The third kappa shape index (κ3) is 6.09. The molecule has 0 heterocycles. The second-order valence-corrected chi connectivity index (χ2v) is 5.66. The standard InChI is InChI=1S/C22H23NO/c1-18(15-16-20-11-5-6-12-20)9-3-4-10-19(2)17-23-21-13-7-8-14-22(21)24/h3-11,13-17,24H,12H2,1-2H3/b4-3+,16-15+,18-9+,19-10+,23-17?. The fourth-order valence-corrected chi connectivity index (χ4v) is 2.08. The molecule has 0 saturated carbocycles. The Morgan fingerprint density at radius 1 is 1.08 bits per heavy atom.